The van der Waals surface area contributed by atoms with E-state index in [1.54, 1.807) is 4.68 Å². The number of aromatic nitrogens is 3. The van der Waals surface area contributed by atoms with Crippen LogP contribution < -0.4 is 5.32 Å². The van der Waals surface area contributed by atoms with E-state index in [1.807, 2.05) is 55.5 Å². The van der Waals surface area contributed by atoms with Crippen LogP contribution in [0, 0.1) is 0 Å². The third kappa shape index (κ3) is 3.51. The molecule has 2 aromatic carbocycles. The molecule has 23 heavy (non-hydrogen) atoms. The minimum atomic E-state index is -0.0950. The third-order valence-corrected chi connectivity index (χ3v) is 3.98. The Labute approximate surface area is 139 Å². The number of hydrogen-bond acceptors (Lipinski definition) is 3. The number of carbonyl (C=O) groups excluding carboxylic acids is 1. The van der Waals surface area contributed by atoms with Crippen LogP contribution in [-0.4, -0.2) is 20.9 Å². The Bertz CT molecular complexity index is 813. The maximum Gasteiger partial charge on any atom is 0.242 e. The van der Waals surface area contributed by atoms with Gasteiger partial charge in [-0.1, -0.05) is 48.0 Å². The highest BCUT2D eigenvalue weighted by Crippen LogP contribution is 2.19. The number of para-hydroxylation sites is 1. The molecule has 118 valence electrons. The van der Waals surface area contributed by atoms with Gasteiger partial charge in [-0.15, -0.1) is 5.10 Å². The predicted molar refractivity (Wildman–Crippen MR) is 90.2 cm³/mol. The van der Waals surface area contributed by atoms with Gasteiger partial charge in [0.2, 0.25) is 5.91 Å². The zero-order valence-electron chi connectivity index (χ0n) is 12.7. The molecule has 0 aliphatic heterocycles. The lowest BCUT2D eigenvalue weighted by Gasteiger charge is -2.17. The summed E-state index contributed by atoms with van der Waals surface area (Å²) in [5.41, 5.74) is 2.67. The molecule has 1 aromatic heterocycles. The summed E-state index contributed by atoms with van der Waals surface area (Å²) in [6.07, 6.45) is 0.797. The van der Waals surface area contributed by atoms with Gasteiger partial charge in [0.25, 0.3) is 0 Å². The monoisotopic (exact) mass is 328 g/mol. The van der Waals surface area contributed by atoms with Gasteiger partial charge in [0.05, 0.1) is 11.6 Å². The van der Waals surface area contributed by atoms with Gasteiger partial charge in [0.15, 0.2) is 0 Å². The zero-order valence-corrected chi connectivity index (χ0v) is 13.5. The van der Waals surface area contributed by atoms with Crippen molar-refractivity contribution in [1.82, 2.24) is 20.3 Å². The Morgan fingerprint density at radius 3 is 2.70 bits per heavy atom. The van der Waals surface area contributed by atoms with Crippen LogP contribution in [0.15, 0.2) is 48.5 Å². The Balaban J connectivity index is 1.71. The second-order valence-electron chi connectivity index (χ2n) is 5.32. The van der Waals surface area contributed by atoms with Gasteiger partial charge >= 0.3 is 0 Å². The molecular weight excluding hydrogens is 312 g/mol. The van der Waals surface area contributed by atoms with Crippen molar-refractivity contribution in [2.24, 2.45) is 0 Å². The van der Waals surface area contributed by atoms with Crippen LogP contribution in [0.4, 0.5) is 0 Å². The summed E-state index contributed by atoms with van der Waals surface area (Å²) in [6.45, 7) is 2.18. The standard InChI is InChI=1S/C17H17ClN4O/c1-2-14(12-7-9-13(18)10-8-12)19-17(23)11-22-16-6-4-3-5-15(16)20-21-22/h3-10,14H,2,11H2,1H3,(H,19,23). The van der Waals surface area contributed by atoms with Crippen LogP contribution in [0.5, 0.6) is 0 Å². The molecule has 1 N–H and O–H groups in total. The quantitative estimate of drug-likeness (QED) is 0.781. The molecule has 1 amide bonds. The van der Waals surface area contributed by atoms with E-state index in [0.717, 1.165) is 23.0 Å². The number of carbonyl (C=O) groups is 1. The molecular formula is C17H17ClN4O. The Morgan fingerprint density at radius 1 is 1.22 bits per heavy atom. The van der Waals surface area contributed by atoms with Crippen LogP contribution in [0.25, 0.3) is 11.0 Å². The van der Waals surface area contributed by atoms with E-state index in [0.29, 0.717) is 5.02 Å². The van der Waals surface area contributed by atoms with Crippen LogP contribution in [0.3, 0.4) is 0 Å². The van der Waals surface area contributed by atoms with Gasteiger partial charge in [-0.2, -0.15) is 0 Å². The molecule has 0 aliphatic carbocycles. The molecule has 3 aromatic rings. The van der Waals surface area contributed by atoms with Crippen molar-refractivity contribution in [3.05, 3.63) is 59.1 Å². The van der Waals surface area contributed by atoms with E-state index in [2.05, 4.69) is 15.6 Å². The third-order valence-electron chi connectivity index (χ3n) is 3.73. The topological polar surface area (TPSA) is 59.8 Å². The molecule has 1 unspecified atom stereocenters. The fourth-order valence-electron chi connectivity index (χ4n) is 2.53. The van der Waals surface area contributed by atoms with E-state index in [9.17, 15) is 4.79 Å². The summed E-state index contributed by atoms with van der Waals surface area (Å²) >= 11 is 5.91. The first-order valence-corrected chi connectivity index (χ1v) is 7.88. The van der Waals surface area contributed by atoms with Gasteiger partial charge in [-0.3, -0.25) is 4.79 Å². The van der Waals surface area contributed by atoms with Crippen molar-refractivity contribution in [3.8, 4) is 0 Å². The van der Waals surface area contributed by atoms with E-state index in [-0.39, 0.29) is 18.5 Å². The maximum absolute atomic E-state index is 12.3. The van der Waals surface area contributed by atoms with Gasteiger partial charge in [-0.05, 0) is 36.2 Å². The van der Waals surface area contributed by atoms with E-state index >= 15 is 0 Å². The molecule has 6 heteroatoms. The first-order valence-electron chi connectivity index (χ1n) is 7.50. The minimum absolute atomic E-state index is 0.0467. The molecule has 5 nitrogen and oxygen atoms in total. The van der Waals surface area contributed by atoms with Gasteiger partial charge in [0, 0.05) is 5.02 Å². The van der Waals surface area contributed by atoms with E-state index < -0.39 is 0 Å². The highest BCUT2D eigenvalue weighted by molar-refractivity contribution is 6.30. The SMILES string of the molecule is CCC(NC(=O)Cn1nnc2ccccc21)c1ccc(Cl)cc1. The molecule has 0 bridgehead atoms. The van der Waals surface area contributed by atoms with Crippen molar-refractivity contribution >= 4 is 28.5 Å². The van der Waals surface area contributed by atoms with Crippen molar-refractivity contribution in [2.75, 3.05) is 0 Å². The van der Waals surface area contributed by atoms with Crippen molar-refractivity contribution < 1.29 is 4.79 Å². The Morgan fingerprint density at radius 2 is 1.96 bits per heavy atom. The molecule has 1 heterocycles. The Hall–Kier alpha value is -2.40. The van der Waals surface area contributed by atoms with E-state index in [1.165, 1.54) is 0 Å². The highest BCUT2D eigenvalue weighted by Gasteiger charge is 2.14. The zero-order chi connectivity index (χ0) is 16.2. The first kappa shape index (κ1) is 15.5. The lowest BCUT2D eigenvalue weighted by Crippen LogP contribution is -2.31. The highest BCUT2D eigenvalue weighted by atomic mass is 35.5. The largest absolute Gasteiger partial charge is 0.348 e. The fourth-order valence-corrected chi connectivity index (χ4v) is 2.65. The number of benzene rings is 2. The summed E-state index contributed by atoms with van der Waals surface area (Å²) in [5.74, 6) is -0.0950. The average molecular weight is 329 g/mol. The summed E-state index contributed by atoms with van der Waals surface area (Å²) in [7, 11) is 0. The van der Waals surface area contributed by atoms with Crippen LogP contribution >= 0.6 is 11.6 Å². The molecule has 1 atom stereocenters. The lowest BCUT2D eigenvalue weighted by atomic mass is 10.0. The second kappa shape index (κ2) is 6.79. The molecule has 3 rings (SSSR count). The van der Waals surface area contributed by atoms with Gasteiger partial charge in [0.1, 0.15) is 12.1 Å². The molecule has 0 radical (unpaired) electrons. The van der Waals surface area contributed by atoms with Crippen LogP contribution in [0.1, 0.15) is 24.9 Å². The second-order valence-corrected chi connectivity index (χ2v) is 5.75. The summed E-state index contributed by atoms with van der Waals surface area (Å²) in [5, 5.41) is 11.8. The van der Waals surface area contributed by atoms with E-state index in [4.69, 9.17) is 11.6 Å². The normalized spacial score (nSPS) is 12.3. The van der Waals surface area contributed by atoms with Gasteiger partial charge in [-0.25, -0.2) is 4.68 Å². The smallest absolute Gasteiger partial charge is 0.242 e. The number of rotatable bonds is 5. The molecule has 0 saturated heterocycles. The number of fused-ring (bicyclic) bond motifs is 1. The Kier molecular flexibility index (Phi) is 4.57. The van der Waals surface area contributed by atoms with Crippen molar-refractivity contribution in [1.29, 1.82) is 0 Å². The molecule has 0 spiro atoms. The first-order chi connectivity index (χ1) is 11.2. The minimum Gasteiger partial charge on any atom is -0.348 e. The summed E-state index contributed by atoms with van der Waals surface area (Å²) in [6, 6.07) is 15.1. The number of hydrogen-bond donors (Lipinski definition) is 1. The molecule has 0 aliphatic rings. The number of halogens is 1. The maximum atomic E-state index is 12.3. The number of nitrogens with one attached hydrogen (secondary N) is 1. The molecule has 0 fully saturated rings. The van der Waals surface area contributed by atoms with Crippen molar-refractivity contribution in [3.63, 3.8) is 0 Å². The van der Waals surface area contributed by atoms with Gasteiger partial charge < -0.3 is 5.32 Å². The van der Waals surface area contributed by atoms with Crippen molar-refractivity contribution in [2.45, 2.75) is 25.9 Å². The number of amides is 1. The summed E-state index contributed by atoms with van der Waals surface area (Å²) < 4.78 is 1.61. The average Bonchev–Trinajstić information content (AvgIpc) is 2.97. The van der Waals surface area contributed by atoms with Crippen LogP contribution in [0.2, 0.25) is 5.02 Å². The molecule has 0 saturated carbocycles. The lowest BCUT2D eigenvalue weighted by molar-refractivity contribution is -0.122. The number of nitrogens with zero attached hydrogens (tertiary/aromatic N) is 3. The fraction of sp³-hybridized carbons (Fsp3) is 0.235. The summed E-state index contributed by atoms with van der Waals surface area (Å²) in [4.78, 5) is 12.3. The van der Waals surface area contributed by atoms with Crippen LogP contribution in [-0.2, 0) is 11.3 Å². The predicted octanol–water partition coefficient (Wildman–Crippen LogP) is 3.35.